The second kappa shape index (κ2) is 7.36. The molecule has 2 N–H and O–H groups in total. The van der Waals surface area contributed by atoms with Gasteiger partial charge in [0.25, 0.3) is 0 Å². The predicted octanol–water partition coefficient (Wildman–Crippen LogP) is 3.52. The molecule has 0 radical (unpaired) electrons. The van der Waals surface area contributed by atoms with Gasteiger partial charge in [-0.25, -0.2) is 0 Å². The summed E-state index contributed by atoms with van der Waals surface area (Å²) in [6.07, 6.45) is 5.38. The molecule has 0 saturated heterocycles. The van der Waals surface area contributed by atoms with E-state index in [0.29, 0.717) is 0 Å². The van der Waals surface area contributed by atoms with Gasteiger partial charge in [-0.3, -0.25) is 10.1 Å². The van der Waals surface area contributed by atoms with E-state index in [-0.39, 0.29) is 12.0 Å². The van der Waals surface area contributed by atoms with Crippen LogP contribution in [0.5, 0.6) is 0 Å². The first-order chi connectivity index (χ1) is 10.0. The monoisotopic (exact) mass is 311 g/mol. The van der Waals surface area contributed by atoms with Gasteiger partial charge in [0.2, 0.25) is 0 Å². The average molecular weight is 311 g/mol. The zero-order valence-corrected chi connectivity index (χ0v) is 13.6. The number of hydrogen-bond donors (Lipinski definition) is 2. The van der Waals surface area contributed by atoms with Crippen molar-refractivity contribution in [1.29, 1.82) is 0 Å². The van der Waals surface area contributed by atoms with Crippen LogP contribution in [0, 0.1) is 5.92 Å². The Balaban J connectivity index is 1.86. The van der Waals surface area contributed by atoms with Gasteiger partial charge in [-0.1, -0.05) is 6.42 Å². The summed E-state index contributed by atoms with van der Waals surface area (Å²) in [5, 5.41) is 13.0. The zero-order chi connectivity index (χ0) is 15.3. The fourth-order valence-corrected chi connectivity index (χ4v) is 4.27. The Hall–Kier alpha value is -0.940. The summed E-state index contributed by atoms with van der Waals surface area (Å²) in [6, 6.07) is 4.07. The number of hydrogen-bond acceptors (Lipinski definition) is 4. The molecule has 1 saturated carbocycles. The van der Waals surface area contributed by atoms with E-state index in [1.54, 1.807) is 6.26 Å². The van der Waals surface area contributed by atoms with Gasteiger partial charge < -0.3 is 9.52 Å². The van der Waals surface area contributed by atoms with Gasteiger partial charge in [0, 0.05) is 6.04 Å². The number of carboxylic acids is 1. The van der Waals surface area contributed by atoms with Crippen LogP contribution in [0.25, 0.3) is 0 Å². The number of thioether (sulfide) groups is 1. The first-order valence-corrected chi connectivity index (χ1v) is 8.81. The van der Waals surface area contributed by atoms with E-state index in [4.69, 9.17) is 4.42 Å². The van der Waals surface area contributed by atoms with Gasteiger partial charge in [-0.15, -0.1) is 0 Å². The van der Waals surface area contributed by atoms with Crippen LogP contribution in [0.3, 0.4) is 0 Å². The van der Waals surface area contributed by atoms with Crippen LogP contribution in [0.1, 0.15) is 45.3 Å². The van der Waals surface area contributed by atoms with Crippen molar-refractivity contribution in [3.8, 4) is 0 Å². The van der Waals surface area contributed by atoms with Crippen LogP contribution in [-0.2, 0) is 10.5 Å². The van der Waals surface area contributed by atoms with Crippen molar-refractivity contribution in [3.63, 3.8) is 0 Å². The molecule has 1 fully saturated rings. The Kier molecular flexibility index (Phi) is 5.76. The van der Waals surface area contributed by atoms with E-state index in [1.807, 2.05) is 37.7 Å². The van der Waals surface area contributed by atoms with Gasteiger partial charge in [-0.05, 0) is 56.9 Å². The van der Waals surface area contributed by atoms with Gasteiger partial charge in [0.1, 0.15) is 11.3 Å². The highest BCUT2D eigenvalue weighted by Gasteiger charge is 2.48. The third-order valence-electron chi connectivity index (χ3n) is 4.18. The molecule has 1 aliphatic rings. The lowest BCUT2D eigenvalue weighted by molar-refractivity contribution is -0.147. The van der Waals surface area contributed by atoms with E-state index in [0.717, 1.165) is 42.9 Å². The molecule has 0 bridgehead atoms. The number of carboxylic acid groups (broad SMARTS) is 1. The van der Waals surface area contributed by atoms with Crippen molar-refractivity contribution in [2.75, 3.05) is 5.75 Å². The number of nitrogens with one attached hydrogen (secondary N) is 1. The Morgan fingerprint density at radius 3 is 3.05 bits per heavy atom. The molecule has 21 heavy (non-hydrogen) atoms. The maximum atomic E-state index is 11.8. The molecule has 1 aromatic rings. The summed E-state index contributed by atoms with van der Waals surface area (Å²) in [4.78, 5) is 11.8. The van der Waals surface area contributed by atoms with E-state index in [9.17, 15) is 9.90 Å². The molecule has 1 aromatic heterocycles. The summed E-state index contributed by atoms with van der Waals surface area (Å²) >= 11 is 1.81. The minimum atomic E-state index is -0.723. The molecule has 5 heteroatoms. The fourth-order valence-electron chi connectivity index (χ4n) is 3.31. The van der Waals surface area contributed by atoms with Crippen LogP contribution in [0.4, 0.5) is 0 Å². The second-order valence-corrected chi connectivity index (χ2v) is 7.19. The van der Waals surface area contributed by atoms with Crippen molar-refractivity contribution in [2.24, 2.45) is 5.92 Å². The minimum Gasteiger partial charge on any atom is -0.480 e. The maximum absolute atomic E-state index is 11.8. The Labute approximate surface area is 130 Å². The third kappa shape index (κ3) is 4.04. The van der Waals surface area contributed by atoms with Crippen molar-refractivity contribution in [2.45, 2.75) is 56.9 Å². The molecule has 2 unspecified atom stereocenters. The lowest BCUT2D eigenvalue weighted by atomic mass is 9.84. The molecule has 4 nitrogen and oxygen atoms in total. The lowest BCUT2D eigenvalue weighted by Gasteiger charge is -2.34. The first-order valence-electron chi connectivity index (χ1n) is 7.66. The van der Waals surface area contributed by atoms with Gasteiger partial charge in [-0.2, -0.15) is 11.8 Å². The standard InChI is InChI=1S/C16H25NO3S/c1-12(2)17-16(15(18)19)8-3-5-13(16)7-10-21-11-14-6-4-9-20-14/h4,6,9,12-13,17H,3,5,7-8,10-11H2,1-2H3,(H,18,19). The van der Waals surface area contributed by atoms with E-state index in [1.165, 1.54) is 0 Å². The van der Waals surface area contributed by atoms with E-state index < -0.39 is 11.5 Å². The van der Waals surface area contributed by atoms with Crippen molar-refractivity contribution in [1.82, 2.24) is 5.32 Å². The number of aliphatic carboxylic acids is 1. The molecular formula is C16H25NO3S. The highest BCUT2D eigenvalue weighted by Crippen LogP contribution is 2.39. The largest absolute Gasteiger partial charge is 0.480 e. The molecule has 2 rings (SSSR count). The Bertz CT molecular complexity index is 446. The maximum Gasteiger partial charge on any atom is 0.324 e. The lowest BCUT2D eigenvalue weighted by Crippen LogP contribution is -2.57. The highest BCUT2D eigenvalue weighted by atomic mass is 32.2. The van der Waals surface area contributed by atoms with Crippen LogP contribution >= 0.6 is 11.8 Å². The van der Waals surface area contributed by atoms with Crippen LogP contribution in [0.15, 0.2) is 22.8 Å². The third-order valence-corrected chi connectivity index (χ3v) is 5.20. The van der Waals surface area contributed by atoms with Crippen LogP contribution < -0.4 is 5.32 Å². The number of rotatable bonds is 8. The predicted molar refractivity (Wildman–Crippen MR) is 85.5 cm³/mol. The summed E-state index contributed by atoms with van der Waals surface area (Å²) in [6.45, 7) is 4.04. The van der Waals surface area contributed by atoms with Crippen LogP contribution in [-0.4, -0.2) is 28.4 Å². The van der Waals surface area contributed by atoms with E-state index >= 15 is 0 Å². The van der Waals surface area contributed by atoms with Crippen molar-refractivity contribution >= 4 is 17.7 Å². The Morgan fingerprint density at radius 1 is 1.62 bits per heavy atom. The normalized spacial score (nSPS) is 25.6. The topological polar surface area (TPSA) is 62.5 Å². The van der Waals surface area contributed by atoms with Gasteiger partial charge in [0.05, 0.1) is 12.0 Å². The van der Waals surface area contributed by atoms with Gasteiger partial charge >= 0.3 is 5.97 Å². The number of carbonyl (C=O) groups is 1. The smallest absolute Gasteiger partial charge is 0.324 e. The second-order valence-electron chi connectivity index (χ2n) is 6.09. The van der Waals surface area contributed by atoms with Crippen LogP contribution in [0.2, 0.25) is 0 Å². The summed E-state index contributed by atoms with van der Waals surface area (Å²) < 4.78 is 5.31. The molecule has 0 amide bonds. The summed E-state index contributed by atoms with van der Waals surface area (Å²) in [7, 11) is 0. The van der Waals surface area contributed by atoms with Crippen molar-refractivity contribution < 1.29 is 14.3 Å². The van der Waals surface area contributed by atoms with Crippen molar-refractivity contribution in [3.05, 3.63) is 24.2 Å². The average Bonchev–Trinajstić information content (AvgIpc) is 3.04. The van der Waals surface area contributed by atoms with Gasteiger partial charge in [0.15, 0.2) is 0 Å². The molecule has 0 aliphatic heterocycles. The molecule has 0 aromatic carbocycles. The molecular weight excluding hydrogens is 286 g/mol. The molecule has 118 valence electrons. The fraction of sp³-hybridized carbons (Fsp3) is 0.688. The molecule has 0 spiro atoms. The zero-order valence-electron chi connectivity index (χ0n) is 12.8. The minimum absolute atomic E-state index is 0.192. The molecule has 2 atom stereocenters. The first kappa shape index (κ1) is 16.4. The number of furan rings is 1. The summed E-state index contributed by atoms with van der Waals surface area (Å²) in [5.74, 6) is 2.35. The molecule has 1 aliphatic carbocycles. The SMILES string of the molecule is CC(C)NC1(C(=O)O)CCCC1CCSCc1ccco1. The van der Waals surface area contributed by atoms with E-state index in [2.05, 4.69) is 5.32 Å². The molecule has 1 heterocycles. The quantitative estimate of drug-likeness (QED) is 0.719. The summed E-state index contributed by atoms with van der Waals surface area (Å²) in [5.41, 5.74) is -0.723. The highest BCUT2D eigenvalue weighted by molar-refractivity contribution is 7.98. The Morgan fingerprint density at radius 2 is 2.43 bits per heavy atom.